The van der Waals surface area contributed by atoms with Gasteiger partial charge in [0.15, 0.2) is 5.78 Å². The molecule has 1 N–H and O–H groups in total. The lowest BCUT2D eigenvalue weighted by Gasteiger charge is -2.13. The molecule has 1 aromatic heterocycles. The van der Waals surface area contributed by atoms with Crippen molar-refractivity contribution < 1.29 is 9.18 Å². The number of nitrogens with one attached hydrogen (secondary N) is 1. The average Bonchev–Trinajstić information content (AvgIpc) is 2.72. The van der Waals surface area contributed by atoms with E-state index in [-0.39, 0.29) is 17.6 Å². The summed E-state index contributed by atoms with van der Waals surface area (Å²) in [5.41, 5.74) is 1.46. The maximum absolute atomic E-state index is 13.4. The normalized spacial score (nSPS) is 12.8. The first-order chi connectivity index (χ1) is 9.08. The van der Waals surface area contributed by atoms with Crippen molar-refractivity contribution in [3.63, 3.8) is 0 Å². The van der Waals surface area contributed by atoms with Gasteiger partial charge in [0.1, 0.15) is 5.82 Å². The van der Waals surface area contributed by atoms with E-state index in [9.17, 15) is 9.18 Å². The summed E-state index contributed by atoms with van der Waals surface area (Å²) in [6.07, 6.45) is 2.50. The molecule has 1 unspecified atom stereocenters. The molecule has 0 amide bonds. The number of fused-ring (bicyclic) bond motifs is 1. The average molecular weight is 262 g/mol. The van der Waals surface area contributed by atoms with Crippen molar-refractivity contribution in [1.82, 2.24) is 9.88 Å². The summed E-state index contributed by atoms with van der Waals surface area (Å²) in [5, 5.41) is 3.85. The Labute approximate surface area is 112 Å². The van der Waals surface area contributed by atoms with Gasteiger partial charge in [-0.25, -0.2) is 4.39 Å². The van der Waals surface area contributed by atoms with Crippen LogP contribution in [0.2, 0.25) is 0 Å². The topological polar surface area (TPSA) is 34.0 Å². The Bertz CT molecular complexity index is 603. The summed E-state index contributed by atoms with van der Waals surface area (Å²) in [7, 11) is 1.87. The Morgan fingerprint density at radius 2 is 2.16 bits per heavy atom. The van der Waals surface area contributed by atoms with Crippen LogP contribution >= 0.6 is 0 Å². The minimum absolute atomic E-state index is 0.0283. The number of carbonyl (C=O) groups excluding carboxylic acids is 1. The molecule has 0 aliphatic rings. The molecule has 2 rings (SSSR count). The number of aryl methyl sites for hydroxylation is 1. The van der Waals surface area contributed by atoms with Gasteiger partial charge < -0.3 is 9.88 Å². The summed E-state index contributed by atoms with van der Waals surface area (Å²) in [6, 6.07) is 4.34. The molecule has 102 valence electrons. The number of carbonyl (C=O) groups is 1. The van der Waals surface area contributed by atoms with Crippen molar-refractivity contribution in [2.24, 2.45) is 7.05 Å². The number of aromatic nitrogens is 1. The maximum Gasteiger partial charge on any atom is 0.181 e. The zero-order chi connectivity index (χ0) is 14.0. The maximum atomic E-state index is 13.4. The first-order valence-corrected chi connectivity index (χ1v) is 6.60. The second kappa shape index (κ2) is 5.53. The van der Waals surface area contributed by atoms with E-state index in [4.69, 9.17) is 0 Å². The molecule has 4 heteroatoms. The highest BCUT2D eigenvalue weighted by molar-refractivity contribution is 6.10. The van der Waals surface area contributed by atoms with Crippen LogP contribution in [-0.2, 0) is 7.05 Å². The standard InChI is InChI=1S/C15H19FN2O/c1-4-13(17-5-2)15(19)12-9-18(3)14-7-6-10(16)8-11(12)14/h6-9,13,17H,4-5H2,1-3H3. The zero-order valence-corrected chi connectivity index (χ0v) is 11.5. The van der Waals surface area contributed by atoms with E-state index in [1.165, 1.54) is 12.1 Å². The summed E-state index contributed by atoms with van der Waals surface area (Å²) >= 11 is 0. The molecule has 1 atom stereocenters. The van der Waals surface area contributed by atoms with Gasteiger partial charge in [-0.05, 0) is 31.2 Å². The number of benzene rings is 1. The lowest BCUT2D eigenvalue weighted by atomic mass is 10.0. The zero-order valence-electron chi connectivity index (χ0n) is 11.5. The van der Waals surface area contributed by atoms with Crippen LogP contribution in [0.15, 0.2) is 24.4 Å². The van der Waals surface area contributed by atoms with Crippen molar-refractivity contribution in [3.05, 3.63) is 35.8 Å². The Hall–Kier alpha value is -1.68. The van der Waals surface area contributed by atoms with Crippen molar-refractivity contribution in [2.75, 3.05) is 6.54 Å². The summed E-state index contributed by atoms with van der Waals surface area (Å²) in [4.78, 5) is 12.5. The molecule has 0 bridgehead atoms. The molecule has 0 aliphatic heterocycles. The van der Waals surface area contributed by atoms with E-state index < -0.39 is 0 Å². The summed E-state index contributed by atoms with van der Waals surface area (Å²) in [6.45, 7) is 4.68. The molecule has 0 spiro atoms. The van der Waals surface area contributed by atoms with Gasteiger partial charge in [0.05, 0.1) is 6.04 Å². The van der Waals surface area contributed by atoms with E-state index >= 15 is 0 Å². The third kappa shape index (κ3) is 2.54. The van der Waals surface area contributed by atoms with Crippen LogP contribution in [-0.4, -0.2) is 22.9 Å². The van der Waals surface area contributed by atoms with E-state index in [2.05, 4.69) is 5.32 Å². The molecular formula is C15H19FN2O. The molecule has 19 heavy (non-hydrogen) atoms. The first kappa shape index (κ1) is 13.7. The van der Waals surface area contributed by atoms with Crippen LogP contribution in [0, 0.1) is 5.82 Å². The number of likely N-dealkylation sites (N-methyl/N-ethyl adjacent to an activating group) is 1. The number of nitrogens with zero attached hydrogens (tertiary/aromatic N) is 1. The SMILES string of the molecule is CCNC(CC)C(=O)c1cn(C)c2ccc(F)cc12. The largest absolute Gasteiger partial charge is 0.350 e. The second-order valence-corrected chi connectivity index (χ2v) is 4.70. The molecule has 0 radical (unpaired) electrons. The molecule has 0 aliphatic carbocycles. The van der Waals surface area contributed by atoms with Gasteiger partial charge in [-0.3, -0.25) is 4.79 Å². The predicted molar refractivity (Wildman–Crippen MR) is 75.0 cm³/mol. The van der Waals surface area contributed by atoms with Crippen LogP contribution in [0.1, 0.15) is 30.6 Å². The molecular weight excluding hydrogens is 243 g/mol. The van der Waals surface area contributed by atoms with Crippen LogP contribution in [0.25, 0.3) is 10.9 Å². The summed E-state index contributed by atoms with van der Waals surface area (Å²) in [5.74, 6) is -0.287. The van der Waals surface area contributed by atoms with E-state index in [0.29, 0.717) is 10.9 Å². The van der Waals surface area contributed by atoms with Crippen LogP contribution in [0.4, 0.5) is 4.39 Å². The van der Waals surface area contributed by atoms with Crippen molar-refractivity contribution in [3.8, 4) is 0 Å². The van der Waals surface area contributed by atoms with E-state index in [1.54, 1.807) is 12.3 Å². The van der Waals surface area contributed by atoms with Crippen LogP contribution in [0.3, 0.4) is 0 Å². The van der Waals surface area contributed by atoms with Gasteiger partial charge in [0, 0.05) is 29.7 Å². The number of hydrogen-bond donors (Lipinski definition) is 1. The smallest absolute Gasteiger partial charge is 0.181 e. The van der Waals surface area contributed by atoms with E-state index in [1.807, 2.05) is 25.5 Å². The van der Waals surface area contributed by atoms with Gasteiger partial charge in [0.25, 0.3) is 0 Å². The second-order valence-electron chi connectivity index (χ2n) is 4.70. The van der Waals surface area contributed by atoms with Crippen LogP contribution < -0.4 is 5.32 Å². The number of ketones is 1. The third-order valence-corrected chi connectivity index (χ3v) is 3.39. The third-order valence-electron chi connectivity index (χ3n) is 3.39. The van der Waals surface area contributed by atoms with Gasteiger partial charge in [0.2, 0.25) is 0 Å². The fraction of sp³-hybridized carbons (Fsp3) is 0.400. The van der Waals surface area contributed by atoms with Gasteiger partial charge in [-0.15, -0.1) is 0 Å². The molecule has 0 saturated carbocycles. The molecule has 3 nitrogen and oxygen atoms in total. The van der Waals surface area contributed by atoms with Crippen LogP contribution in [0.5, 0.6) is 0 Å². The highest BCUT2D eigenvalue weighted by Crippen LogP contribution is 2.23. The fourth-order valence-corrected chi connectivity index (χ4v) is 2.42. The summed E-state index contributed by atoms with van der Waals surface area (Å²) < 4.78 is 15.2. The number of halogens is 1. The van der Waals surface area contributed by atoms with E-state index in [0.717, 1.165) is 18.5 Å². The highest BCUT2D eigenvalue weighted by atomic mass is 19.1. The first-order valence-electron chi connectivity index (χ1n) is 6.60. The Balaban J connectivity index is 2.50. The van der Waals surface area contributed by atoms with Crippen molar-refractivity contribution >= 4 is 16.7 Å². The molecule has 0 fully saturated rings. The van der Waals surface area contributed by atoms with Gasteiger partial charge in [-0.1, -0.05) is 13.8 Å². The molecule has 0 saturated heterocycles. The number of rotatable bonds is 5. The molecule has 1 aromatic carbocycles. The number of hydrogen-bond acceptors (Lipinski definition) is 2. The van der Waals surface area contributed by atoms with Gasteiger partial charge >= 0.3 is 0 Å². The minimum Gasteiger partial charge on any atom is -0.350 e. The van der Waals surface area contributed by atoms with Crippen molar-refractivity contribution in [2.45, 2.75) is 26.3 Å². The van der Waals surface area contributed by atoms with Gasteiger partial charge in [-0.2, -0.15) is 0 Å². The highest BCUT2D eigenvalue weighted by Gasteiger charge is 2.21. The number of Topliss-reactive ketones (excluding diaryl/α,β-unsaturated/α-hetero) is 1. The lowest BCUT2D eigenvalue weighted by molar-refractivity contribution is 0.0943. The molecule has 2 aromatic rings. The predicted octanol–water partition coefficient (Wildman–Crippen LogP) is 2.89. The monoisotopic (exact) mass is 262 g/mol. The molecule has 1 heterocycles. The quantitative estimate of drug-likeness (QED) is 0.841. The Morgan fingerprint density at radius 3 is 2.79 bits per heavy atom. The minimum atomic E-state index is -0.316. The fourth-order valence-electron chi connectivity index (χ4n) is 2.42. The Morgan fingerprint density at radius 1 is 1.42 bits per heavy atom. The lowest BCUT2D eigenvalue weighted by Crippen LogP contribution is -2.35. The van der Waals surface area contributed by atoms with Crippen molar-refractivity contribution in [1.29, 1.82) is 0 Å². The Kier molecular flexibility index (Phi) is 4.00.